The predicted molar refractivity (Wildman–Crippen MR) is 145 cm³/mol. The molecular weight excluding hydrogens is 503 g/mol. The summed E-state index contributed by atoms with van der Waals surface area (Å²) < 4.78 is 22.6. The molecule has 3 aliphatic heterocycles. The average molecular weight is 543 g/mol. The Morgan fingerprint density at radius 1 is 1.08 bits per heavy atom. The Morgan fingerprint density at radius 2 is 1.77 bits per heavy atom. The number of rotatable bonds is 4. The molecule has 2 aromatic rings. The third-order valence-corrected chi connectivity index (χ3v) is 8.01. The normalized spacial score (nSPS) is 21.9. The molecule has 3 fully saturated rings. The molecule has 39 heavy (non-hydrogen) atoms. The minimum Gasteiger partial charge on any atom is -0.444 e. The van der Waals surface area contributed by atoms with Gasteiger partial charge >= 0.3 is 6.09 Å². The van der Waals surface area contributed by atoms with Gasteiger partial charge in [0.25, 0.3) is 0 Å². The number of ether oxygens (including phenoxy) is 1. The van der Waals surface area contributed by atoms with Gasteiger partial charge in [0.05, 0.1) is 22.8 Å². The van der Waals surface area contributed by atoms with Crippen LogP contribution in [0, 0.1) is 11.7 Å². The molecule has 0 spiro atoms. The number of halogens is 1. The van der Waals surface area contributed by atoms with Crippen molar-refractivity contribution < 1.29 is 23.5 Å². The van der Waals surface area contributed by atoms with Crippen molar-refractivity contribution in [3.05, 3.63) is 23.6 Å². The van der Waals surface area contributed by atoms with Crippen LogP contribution in [0.5, 0.6) is 0 Å². The fourth-order valence-electron chi connectivity index (χ4n) is 5.91. The van der Waals surface area contributed by atoms with Crippen molar-refractivity contribution in [3.8, 4) is 0 Å². The van der Waals surface area contributed by atoms with Crippen LogP contribution in [0.15, 0.2) is 12.1 Å². The van der Waals surface area contributed by atoms with E-state index in [4.69, 9.17) is 4.74 Å². The molecule has 1 N–H and O–H groups in total. The largest absolute Gasteiger partial charge is 0.444 e. The van der Waals surface area contributed by atoms with Crippen LogP contribution in [-0.4, -0.2) is 88.9 Å². The summed E-state index contributed by atoms with van der Waals surface area (Å²) in [7, 11) is 1.80. The molecule has 0 radical (unpaired) electrons. The molecule has 11 heteroatoms. The monoisotopic (exact) mass is 542 g/mol. The Kier molecular flexibility index (Phi) is 7.54. The third-order valence-electron chi connectivity index (χ3n) is 8.01. The van der Waals surface area contributed by atoms with E-state index in [9.17, 15) is 14.4 Å². The standard InChI is InChI=1S/C28H39FN6O4/c1-28(2,3)39-27(38)35-13-11-33(12-14-35)17-18-7-9-34(10-8-18)23-16-22-20(15-21(23)29)25(31-32(22)4)19-5-6-24(36)30-26(19)37/h15-16,18-19H,5-14,17H2,1-4H3,(H,30,36,37). The SMILES string of the molecule is Cn1nc(C2CCC(=O)NC2=O)c2cc(F)c(N3CCC(CN4CCN(C(=O)OC(C)(C)C)CC4)CC3)cc21. The second-order valence-electron chi connectivity index (χ2n) is 12.0. The van der Waals surface area contributed by atoms with E-state index in [2.05, 4.69) is 20.2 Å². The summed E-state index contributed by atoms with van der Waals surface area (Å²) in [6.45, 7) is 11.2. The summed E-state index contributed by atoms with van der Waals surface area (Å²) in [6.07, 6.45) is 2.33. The topological polar surface area (TPSA) is 100 Å². The van der Waals surface area contributed by atoms with Gasteiger partial charge in [0, 0.05) is 64.7 Å². The highest BCUT2D eigenvalue weighted by Gasteiger charge is 2.33. The molecule has 3 aliphatic rings. The van der Waals surface area contributed by atoms with Crippen molar-refractivity contribution in [3.63, 3.8) is 0 Å². The number of nitrogens with one attached hydrogen (secondary N) is 1. The van der Waals surface area contributed by atoms with Crippen LogP contribution in [-0.2, 0) is 21.4 Å². The number of hydrogen-bond acceptors (Lipinski definition) is 7. The highest BCUT2D eigenvalue weighted by atomic mass is 19.1. The van der Waals surface area contributed by atoms with E-state index in [1.807, 2.05) is 26.8 Å². The van der Waals surface area contributed by atoms with Gasteiger partial charge in [-0.1, -0.05) is 0 Å². The maximum atomic E-state index is 15.4. The molecule has 1 aromatic carbocycles. The van der Waals surface area contributed by atoms with Crippen LogP contribution >= 0.6 is 0 Å². The number of carbonyl (C=O) groups is 3. The number of aromatic nitrogens is 2. The van der Waals surface area contributed by atoms with Crippen molar-refractivity contribution in [2.75, 3.05) is 50.7 Å². The molecule has 1 unspecified atom stereocenters. The number of carbonyl (C=O) groups excluding carboxylic acids is 3. The fourth-order valence-corrected chi connectivity index (χ4v) is 5.91. The van der Waals surface area contributed by atoms with E-state index in [1.54, 1.807) is 16.6 Å². The number of amides is 3. The summed E-state index contributed by atoms with van der Waals surface area (Å²) in [5.74, 6) is -1.00. The summed E-state index contributed by atoms with van der Waals surface area (Å²) >= 11 is 0. The second-order valence-corrected chi connectivity index (χ2v) is 12.0. The second kappa shape index (κ2) is 10.7. The van der Waals surface area contributed by atoms with Gasteiger partial charge in [-0.2, -0.15) is 5.10 Å². The van der Waals surface area contributed by atoms with Gasteiger partial charge in [0.15, 0.2) is 0 Å². The Hall–Kier alpha value is -3.21. The van der Waals surface area contributed by atoms with E-state index in [0.717, 1.165) is 51.1 Å². The van der Waals surface area contributed by atoms with Crippen LogP contribution < -0.4 is 10.2 Å². The number of fused-ring (bicyclic) bond motifs is 1. The van der Waals surface area contributed by atoms with E-state index >= 15 is 4.39 Å². The maximum absolute atomic E-state index is 15.4. The van der Waals surface area contributed by atoms with E-state index in [0.29, 0.717) is 42.2 Å². The molecule has 3 saturated heterocycles. The molecule has 1 aromatic heterocycles. The number of nitrogens with zero attached hydrogens (tertiary/aromatic N) is 5. The molecule has 0 bridgehead atoms. The van der Waals surface area contributed by atoms with E-state index in [1.165, 1.54) is 6.07 Å². The van der Waals surface area contributed by atoms with Crippen molar-refractivity contribution in [1.82, 2.24) is 24.9 Å². The lowest BCUT2D eigenvalue weighted by atomic mass is 9.92. The van der Waals surface area contributed by atoms with Gasteiger partial charge in [0.1, 0.15) is 11.4 Å². The van der Waals surface area contributed by atoms with Crippen LogP contribution in [0.3, 0.4) is 0 Å². The lowest BCUT2D eigenvalue weighted by molar-refractivity contribution is -0.134. The van der Waals surface area contributed by atoms with E-state index in [-0.39, 0.29) is 30.1 Å². The molecule has 3 amide bonds. The molecule has 212 valence electrons. The lowest BCUT2D eigenvalue weighted by Gasteiger charge is -2.39. The summed E-state index contributed by atoms with van der Waals surface area (Å²) in [6, 6.07) is 3.33. The summed E-state index contributed by atoms with van der Waals surface area (Å²) in [5, 5.41) is 7.54. The molecule has 0 aliphatic carbocycles. The Bertz CT molecular complexity index is 1250. The molecule has 4 heterocycles. The van der Waals surface area contributed by atoms with Gasteiger partial charge in [-0.15, -0.1) is 0 Å². The fraction of sp³-hybridized carbons (Fsp3) is 0.643. The number of hydrogen-bond donors (Lipinski definition) is 1. The van der Waals surface area contributed by atoms with Crippen molar-refractivity contribution >= 4 is 34.5 Å². The van der Waals surface area contributed by atoms with E-state index < -0.39 is 11.5 Å². The predicted octanol–water partition coefficient (Wildman–Crippen LogP) is 3.00. The smallest absolute Gasteiger partial charge is 0.410 e. The van der Waals surface area contributed by atoms with Gasteiger partial charge < -0.3 is 14.5 Å². The van der Waals surface area contributed by atoms with Gasteiger partial charge in [-0.05, 0) is 58.1 Å². The van der Waals surface area contributed by atoms with Crippen molar-refractivity contribution in [2.45, 2.75) is 58.0 Å². The zero-order valence-electron chi connectivity index (χ0n) is 23.3. The summed E-state index contributed by atoms with van der Waals surface area (Å²) in [5.41, 5.74) is 1.37. The first-order chi connectivity index (χ1) is 18.5. The Balaban J connectivity index is 1.18. The first-order valence-electron chi connectivity index (χ1n) is 13.9. The third kappa shape index (κ3) is 6.03. The van der Waals surface area contributed by atoms with Crippen LogP contribution in [0.25, 0.3) is 10.9 Å². The molecule has 5 rings (SSSR count). The molecular formula is C28H39FN6O4. The minimum atomic E-state index is -0.557. The van der Waals surface area contributed by atoms with Gasteiger partial charge in [0.2, 0.25) is 11.8 Å². The highest BCUT2D eigenvalue weighted by Crippen LogP contribution is 2.35. The number of anilines is 1. The maximum Gasteiger partial charge on any atom is 0.410 e. The van der Waals surface area contributed by atoms with Crippen LogP contribution in [0.4, 0.5) is 14.9 Å². The van der Waals surface area contributed by atoms with Crippen molar-refractivity contribution in [1.29, 1.82) is 0 Å². The average Bonchev–Trinajstić information content (AvgIpc) is 3.18. The Labute approximate surface area is 228 Å². The first kappa shape index (κ1) is 27.4. The lowest BCUT2D eigenvalue weighted by Crippen LogP contribution is -2.51. The number of benzene rings is 1. The van der Waals surface area contributed by atoms with Crippen LogP contribution in [0.2, 0.25) is 0 Å². The molecule has 10 nitrogen and oxygen atoms in total. The minimum absolute atomic E-state index is 0.243. The first-order valence-corrected chi connectivity index (χ1v) is 13.9. The van der Waals surface area contributed by atoms with Crippen LogP contribution in [0.1, 0.15) is 58.1 Å². The number of piperazine rings is 1. The highest BCUT2D eigenvalue weighted by molar-refractivity contribution is 6.02. The number of piperidine rings is 2. The Morgan fingerprint density at radius 3 is 2.41 bits per heavy atom. The zero-order valence-corrected chi connectivity index (χ0v) is 23.3. The van der Waals surface area contributed by atoms with Crippen molar-refractivity contribution in [2.24, 2.45) is 13.0 Å². The number of aryl methyl sites for hydroxylation is 1. The summed E-state index contributed by atoms with van der Waals surface area (Å²) in [4.78, 5) is 42.6. The number of imide groups is 1. The molecule has 1 atom stereocenters. The zero-order chi connectivity index (χ0) is 27.9. The van der Waals surface area contributed by atoms with Gasteiger partial charge in [-0.3, -0.25) is 24.5 Å². The quantitative estimate of drug-likeness (QED) is 0.593. The van der Waals surface area contributed by atoms with Gasteiger partial charge in [-0.25, -0.2) is 9.18 Å². The molecule has 0 saturated carbocycles.